The van der Waals surface area contributed by atoms with Crippen molar-refractivity contribution in [3.63, 3.8) is 0 Å². The number of rotatable bonds is 4. The van der Waals surface area contributed by atoms with Gasteiger partial charge in [0.1, 0.15) is 5.82 Å². The van der Waals surface area contributed by atoms with Gasteiger partial charge in [-0.3, -0.25) is 4.98 Å². The summed E-state index contributed by atoms with van der Waals surface area (Å²) in [4.78, 5) is 11.3. The SMILES string of the molecule is Cc1ncc(N(C)C(C)CC(N)=S)nc1C. The van der Waals surface area contributed by atoms with E-state index in [0.717, 1.165) is 17.2 Å². The highest BCUT2D eigenvalue weighted by atomic mass is 32.1. The van der Waals surface area contributed by atoms with Gasteiger partial charge in [-0.05, 0) is 20.8 Å². The molecule has 1 rings (SSSR count). The largest absolute Gasteiger partial charge is 0.393 e. The molecule has 4 nitrogen and oxygen atoms in total. The molecule has 1 unspecified atom stereocenters. The molecule has 1 atom stereocenters. The molecule has 16 heavy (non-hydrogen) atoms. The van der Waals surface area contributed by atoms with Crippen LogP contribution in [0.25, 0.3) is 0 Å². The van der Waals surface area contributed by atoms with Crippen LogP contribution in [0.1, 0.15) is 24.7 Å². The summed E-state index contributed by atoms with van der Waals surface area (Å²) in [6.07, 6.45) is 2.46. The summed E-state index contributed by atoms with van der Waals surface area (Å²) in [7, 11) is 1.97. The zero-order valence-corrected chi connectivity index (χ0v) is 11.0. The van der Waals surface area contributed by atoms with Crippen molar-refractivity contribution in [1.82, 2.24) is 9.97 Å². The van der Waals surface area contributed by atoms with Crippen molar-refractivity contribution in [2.45, 2.75) is 33.2 Å². The van der Waals surface area contributed by atoms with Gasteiger partial charge in [-0.2, -0.15) is 0 Å². The smallest absolute Gasteiger partial charge is 0.147 e. The topological polar surface area (TPSA) is 55.0 Å². The van der Waals surface area contributed by atoms with Gasteiger partial charge in [0, 0.05) is 19.5 Å². The number of hydrogen-bond donors (Lipinski definition) is 1. The van der Waals surface area contributed by atoms with Crippen molar-refractivity contribution >= 4 is 23.0 Å². The maximum Gasteiger partial charge on any atom is 0.147 e. The summed E-state index contributed by atoms with van der Waals surface area (Å²) >= 11 is 4.90. The lowest BCUT2D eigenvalue weighted by Crippen LogP contribution is -2.33. The lowest BCUT2D eigenvalue weighted by molar-refractivity contribution is 0.701. The maximum atomic E-state index is 5.53. The van der Waals surface area contributed by atoms with Crippen LogP contribution >= 0.6 is 12.2 Å². The number of aryl methyl sites for hydroxylation is 2. The molecular formula is C11H18N4S. The van der Waals surface area contributed by atoms with Crippen LogP contribution in [0.15, 0.2) is 6.20 Å². The minimum Gasteiger partial charge on any atom is -0.393 e. The predicted molar refractivity (Wildman–Crippen MR) is 70.8 cm³/mol. The summed E-state index contributed by atoms with van der Waals surface area (Å²) in [6, 6.07) is 0.230. The van der Waals surface area contributed by atoms with E-state index in [9.17, 15) is 0 Å². The molecule has 0 aliphatic heterocycles. The van der Waals surface area contributed by atoms with Crippen LogP contribution in [0, 0.1) is 13.8 Å². The predicted octanol–water partition coefficient (Wildman–Crippen LogP) is 1.59. The van der Waals surface area contributed by atoms with Crippen molar-refractivity contribution < 1.29 is 0 Å². The molecule has 5 heteroatoms. The van der Waals surface area contributed by atoms with Gasteiger partial charge in [-0.1, -0.05) is 12.2 Å². The number of thiocarbonyl (C=S) groups is 1. The van der Waals surface area contributed by atoms with Crippen LogP contribution in [0.2, 0.25) is 0 Å². The second-order valence-corrected chi connectivity index (χ2v) is 4.55. The average molecular weight is 238 g/mol. The minimum absolute atomic E-state index is 0.230. The molecule has 1 aromatic rings. The molecule has 0 spiro atoms. The summed E-state index contributed by atoms with van der Waals surface area (Å²) in [5.74, 6) is 0.854. The van der Waals surface area contributed by atoms with E-state index in [0.29, 0.717) is 11.4 Å². The van der Waals surface area contributed by atoms with Gasteiger partial charge < -0.3 is 10.6 Å². The van der Waals surface area contributed by atoms with E-state index in [1.54, 1.807) is 6.20 Å². The van der Waals surface area contributed by atoms with Gasteiger partial charge in [-0.25, -0.2) is 4.98 Å². The molecule has 1 heterocycles. The number of anilines is 1. The normalized spacial score (nSPS) is 12.2. The van der Waals surface area contributed by atoms with Gasteiger partial charge in [0.2, 0.25) is 0 Å². The van der Waals surface area contributed by atoms with Gasteiger partial charge in [-0.15, -0.1) is 0 Å². The Kier molecular flexibility index (Phi) is 4.18. The van der Waals surface area contributed by atoms with E-state index < -0.39 is 0 Å². The Balaban J connectivity index is 2.83. The number of nitrogens with zero attached hydrogens (tertiary/aromatic N) is 3. The van der Waals surface area contributed by atoms with Gasteiger partial charge in [0.15, 0.2) is 0 Å². The van der Waals surface area contributed by atoms with Gasteiger partial charge in [0.25, 0.3) is 0 Å². The zero-order valence-electron chi connectivity index (χ0n) is 10.2. The zero-order chi connectivity index (χ0) is 12.3. The fraction of sp³-hybridized carbons (Fsp3) is 0.545. The van der Waals surface area contributed by atoms with E-state index in [1.807, 2.05) is 25.8 Å². The Morgan fingerprint density at radius 1 is 1.50 bits per heavy atom. The monoisotopic (exact) mass is 238 g/mol. The molecule has 0 saturated carbocycles. The summed E-state index contributed by atoms with van der Waals surface area (Å²) in [6.45, 7) is 5.97. The first-order chi connectivity index (χ1) is 7.41. The van der Waals surface area contributed by atoms with Crippen molar-refractivity contribution in [1.29, 1.82) is 0 Å². The van der Waals surface area contributed by atoms with E-state index >= 15 is 0 Å². The second-order valence-electron chi connectivity index (χ2n) is 4.03. The molecule has 0 saturated heterocycles. The van der Waals surface area contributed by atoms with Gasteiger partial charge in [0.05, 0.1) is 22.6 Å². The number of nitrogens with two attached hydrogens (primary N) is 1. The van der Waals surface area contributed by atoms with Crippen molar-refractivity contribution in [2.75, 3.05) is 11.9 Å². The van der Waals surface area contributed by atoms with Crippen LogP contribution in [0.5, 0.6) is 0 Å². The molecule has 0 bridgehead atoms. The number of hydrogen-bond acceptors (Lipinski definition) is 4. The first-order valence-corrected chi connectivity index (χ1v) is 5.64. The van der Waals surface area contributed by atoms with E-state index in [1.165, 1.54) is 0 Å². The molecule has 0 aliphatic rings. The van der Waals surface area contributed by atoms with Crippen LogP contribution in [0.3, 0.4) is 0 Å². The molecule has 0 amide bonds. The molecule has 2 N–H and O–H groups in total. The first kappa shape index (κ1) is 12.8. The third kappa shape index (κ3) is 3.13. The Labute approximate surface area is 102 Å². The maximum absolute atomic E-state index is 5.53. The van der Waals surface area contributed by atoms with Crippen LogP contribution in [0.4, 0.5) is 5.82 Å². The molecular weight excluding hydrogens is 220 g/mol. The third-order valence-corrected chi connectivity index (χ3v) is 2.87. The Hall–Kier alpha value is -1.23. The summed E-state index contributed by atoms with van der Waals surface area (Å²) in [5.41, 5.74) is 7.44. The van der Waals surface area contributed by atoms with Crippen LogP contribution in [-0.4, -0.2) is 28.0 Å². The molecule has 1 aromatic heterocycles. The molecule has 88 valence electrons. The summed E-state index contributed by atoms with van der Waals surface area (Å²) < 4.78 is 0. The molecule has 0 fully saturated rings. The fourth-order valence-electron chi connectivity index (χ4n) is 1.35. The fourth-order valence-corrected chi connectivity index (χ4v) is 1.59. The summed E-state index contributed by atoms with van der Waals surface area (Å²) in [5, 5.41) is 0. The quantitative estimate of drug-likeness (QED) is 0.807. The minimum atomic E-state index is 0.230. The highest BCUT2D eigenvalue weighted by molar-refractivity contribution is 7.80. The average Bonchev–Trinajstić information content (AvgIpc) is 2.20. The van der Waals surface area contributed by atoms with Crippen LogP contribution in [-0.2, 0) is 0 Å². The highest BCUT2D eigenvalue weighted by Gasteiger charge is 2.13. The Morgan fingerprint density at radius 2 is 2.12 bits per heavy atom. The van der Waals surface area contributed by atoms with Crippen molar-refractivity contribution in [2.24, 2.45) is 5.73 Å². The molecule has 0 aliphatic carbocycles. The molecule has 0 radical (unpaired) electrons. The lowest BCUT2D eigenvalue weighted by Gasteiger charge is -2.25. The van der Waals surface area contributed by atoms with Crippen LogP contribution < -0.4 is 10.6 Å². The van der Waals surface area contributed by atoms with Gasteiger partial charge >= 0.3 is 0 Å². The van der Waals surface area contributed by atoms with E-state index in [4.69, 9.17) is 18.0 Å². The third-order valence-electron chi connectivity index (χ3n) is 2.70. The lowest BCUT2D eigenvalue weighted by atomic mass is 10.2. The Morgan fingerprint density at radius 3 is 2.62 bits per heavy atom. The Bertz CT molecular complexity index is 392. The number of aromatic nitrogens is 2. The van der Waals surface area contributed by atoms with Crippen molar-refractivity contribution in [3.05, 3.63) is 17.6 Å². The first-order valence-electron chi connectivity index (χ1n) is 5.23. The highest BCUT2D eigenvalue weighted by Crippen LogP contribution is 2.14. The van der Waals surface area contributed by atoms with E-state index in [-0.39, 0.29) is 6.04 Å². The standard InChI is InChI=1S/C11H18N4S/c1-7(5-10(12)16)15(4)11-6-13-8(2)9(3)14-11/h6-7H,5H2,1-4H3,(H2,12,16). The van der Waals surface area contributed by atoms with E-state index in [2.05, 4.69) is 16.9 Å². The molecule has 0 aromatic carbocycles. The van der Waals surface area contributed by atoms with Crippen molar-refractivity contribution in [3.8, 4) is 0 Å². The second kappa shape index (κ2) is 5.21.